The first-order valence-corrected chi connectivity index (χ1v) is 9.48. The van der Waals surface area contributed by atoms with Crippen LogP contribution in [0.25, 0.3) is 27.1 Å². The Kier molecular flexibility index (Phi) is 3.91. The molecule has 0 aliphatic heterocycles. The molecule has 0 fully saturated rings. The number of nitrogens with one attached hydrogen (secondary N) is 1. The quantitative estimate of drug-likeness (QED) is 0.350. The van der Waals surface area contributed by atoms with Crippen LogP contribution in [-0.2, 0) is 0 Å². The molecule has 10 heteroatoms. The molecule has 0 saturated carbocycles. The van der Waals surface area contributed by atoms with Gasteiger partial charge in [0.25, 0.3) is 0 Å². The molecule has 0 bridgehead atoms. The second kappa shape index (κ2) is 6.60. The molecule has 0 saturated heterocycles. The van der Waals surface area contributed by atoms with Crippen LogP contribution in [0.2, 0.25) is 0 Å². The molecule has 5 aromatic rings. The van der Waals surface area contributed by atoms with Gasteiger partial charge in [-0.1, -0.05) is 35.6 Å². The van der Waals surface area contributed by atoms with Crippen LogP contribution in [0.3, 0.4) is 0 Å². The number of para-hydroxylation sites is 3. The summed E-state index contributed by atoms with van der Waals surface area (Å²) in [5.74, 6) is 0.216. The summed E-state index contributed by atoms with van der Waals surface area (Å²) in [4.78, 5) is 28.6. The molecule has 0 radical (unpaired) electrons. The van der Waals surface area contributed by atoms with Gasteiger partial charge in [0.05, 0.1) is 26.2 Å². The summed E-state index contributed by atoms with van der Waals surface area (Å²) in [6.45, 7) is 1.97. The molecule has 5 rings (SSSR count). The Hall–Kier alpha value is -3.92. The number of fused-ring (bicyclic) bond motifs is 2. The largest absolute Gasteiger partial charge is 0.354 e. The monoisotopic (exact) mass is 403 g/mol. The molecule has 0 aliphatic rings. The maximum atomic E-state index is 11.9. The lowest BCUT2D eigenvalue weighted by atomic mass is 10.2. The zero-order valence-corrected chi connectivity index (χ0v) is 15.9. The third kappa shape index (κ3) is 2.86. The fourth-order valence-corrected chi connectivity index (χ4v) is 4.12. The predicted molar refractivity (Wildman–Crippen MR) is 111 cm³/mol. The van der Waals surface area contributed by atoms with Crippen molar-refractivity contribution in [2.75, 3.05) is 5.32 Å². The number of nitro groups is 1. The van der Waals surface area contributed by atoms with Gasteiger partial charge in [-0.3, -0.25) is 14.7 Å². The number of aryl methyl sites for hydroxylation is 1. The fraction of sp³-hybridized carbons (Fsp3) is 0.0526. The number of hydrogen-bond acceptors (Lipinski definition) is 8. The number of imidazole rings is 1. The molecule has 0 spiro atoms. The number of rotatable bonds is 4. The first kappa shape index (κ1) is 17.2. The fourth-order valence-electron chi connectivity index (χ4n) is 3.17. The third-order valence-electron chi connectivity index (χ3n) is 4.51. The highest BCUT2D eigenvalue weighted by atomic mass is 32.1. The second-order valence-corrected chi connectivity index (χ2v) is 7.35. The topological polar surface area (TPSA) is 112 Å². The average molecular weight is 403 g/mol. The van der Waals surface area contributed by atoms with Crippen molar-refractivity contribution < 1.29 is 4.92 Å². The predicted octanol–water partition coefficient (Wildman–Crippen LogP) is 4.39. The van der Waals surface area contributed by atoms with Gasteiger partial charge < -0.3 is 5.32 Å². The highest BCUT2D eigenvalue weighted by molar-refractivity contribution is 7.22. The summed E-state index contributed by atoms with van der Waals surface area (Å²) >= 11 is 1.41. The molecule has 0 unspecified atom stereocenters. The SMILES string of the molecule is Cc1cccc2sc(Nc3ncnc(-n4cnc5ccccc54)c3[N+](=O)[O-])nc12. The van der Waals surface area contributed by atoms with Crippen molar-refractivity contribution in [1.29, 1.82) is 0 Å². The Balaban J connectivity index is 1.65. The lowest BCUT2D eigenvalue weighted by Gasteiger charge is -2.08. The minimum absolute atomic E-state index is 0.0782. The Morgan fingerprint density at radius 2 is 1.97 bits per heavy atom. The van der Waals surface area contributed by atoms with Crippen LogP contribution in [0.5, 0.6) is 0 Å². The van der Waals surface area contributed by atoms with Crippen LogP contribution in [0.1, 0.15) is 5.56 Å². The normalized spacial score (nSPS) is 11.2. The molecular weight excluding hydrogens is 390 g/mol. The minimum Gasteiger partial charge on any atom is -0.310 e. The highest BCUT2D eigenvalue weighted by Crippen LogP contribution is 2.34. The number of anilines is 2. The first-order chi connectivity index (χ1) is 14.1. The Morgan fingerprint density at radius 1 is 1.10 bits per heavy atom. The Labute approximate surface area is 167 Å². The van der Waals surface area contributed by atoms with Crippen LogP contribution in [0.15, 0.2) is 55.1 Å². The smallest absolute Gasteiger partial charge is 0.310 e. The van der Waals surface area contributed by atoms with E-state index in [1.165, 1.54) is 24.0 Å². The standard InChI is InChI=1S/C19H13N7O2S/c1-11-5-4-8-14-15(11)23-19(29-14)24-17-16(26(27)28)18(21-9-20-17)25-10-22-12-6-2-3-7-13(12)25/h2-10H,1H3,(H,20,21,23,24). The average Bonchev–Trinajstić information content (AvgIpc) is 3.32. The van der Waals surface area contributed by atoms with Crippen molar-refractivity contribution in [3.63, 3.8) is 0 Å². The molecule has 3 heterocycles. The maximum Gasteiger partial charge on any atom is 0.354 e. The zero-order valence-electron chi connectivity index (χ0n) is 15.1. The van der Waals surface area contributed by atoms with Crippen LogP contribution >= 0.6 is 11.3 Å². The van der Waals surface area contributed by atoms with E-state index in [0.29, 0.717) is 5.13 Å². The van der Waals surface area contributed by atoms with Gasteiger partial charge in [0.2, 0.25) is 11.6 Å². The summed E-state index contributed by atoms with van der Waals surface area (Å²) in [6, 6.07) is 13.3. The maximum absolute atomic E-state index is 11.9. The van der Waals surface area contributed by atoms with Crippen molar-refractivity contribution in [3.8, 4) is 5.82 Å². The number of nitrogens with zero attached hydrogens (tertiary/aromatic N) is 6. The summed E-state index contributed by atoms with van der Waals surface area (Å²) in [6.07, 6.45) is 2.81. The van der Waals surface area contributed by atoms with Gasteiger partial charge in [0.1, 0.15) is 12.7 Å². The number of thiazole rings is 1. The van der Waals surface area contributed by atoms with Gasteiger partial charge in [0.15, 0.2) is 5.13 Å². The summed E-state index contributed by atoms with van der Waals surface area (Å²) in [7, 11) is 0. The molecule has 0 amide bonds. The van der Waals surface area contributed by atoms with E-state index >= 15 is 0 Å². The van der Waals surface area contributed by atoms with E-state index in [1.54, 1.807) is 4.57 Å². The molecule has 3 aromatic heterocycles. The van der Waals surface area contributed by atoms with E-state index in [1.807, 2.05) is 49.4 Å². The van der Waals surface area contributed by atoms with E-state index in [2.05, 4.69) is 25.3 Å². The Bertz CT molecular complexity index is 1390. The molecule has 0 aliphatic carbocycles. The van der Waals surface area contributed by atoms with E-state index in [4.69, 9.17) is 0 Å². The van der Waals surface area contributed by atoms with Gasteiger partial charge in [-0.2, -0.15) is 0 Å². The first-order valence-electron chi connectivity index (χ1n) is 8.67. The van der Waals surface area contributed by atoms with Gasteiger partial charge in [-0.25, -0.2) is 19.9 Å². The summed E-state index contributed by atoms with van der Waals surface area (Å²) < 4.78 is 2.58. The van der Waals surface area contributed by atoms with Gasteiger partial charge >= 0.3 is 5.69 Å². The molecule has 0 atom stereocenters. The van der Waals surface area contributed by atoms with E-state index in [-0.39, 0.29) is 17.3 Å². The van der Waals surface area contributed by atoms with Crippen molar-refractivity contribution >= 4 is 49.2 Å². The lowest BCUT2D eigenvalue weighted by molar-refractivity contribution is -0.384. The second-order valence-electron chi connectivity index (χ2n) is 6.32. The third-order valence-corrected chi connectivity index (χ3v) is 5.45. The van der Waals surface area contributed by atoms with E-state index < -0.39 is 4.92 Å². The van der Waals surface area contributed by atoms with E-state index in [9.17, 15) is 10.1 Å². The van der Waals surface area contributed by atoms with Crippen LogP contribution in [0.4, 0.5) is 16.6 Å². The highest BCUT2D eigenvalue weighted by Gasteiger charge is 2.26. The van der Waals surface area contributed by atoms with Gasteiger partial charge in [-0.05, 0) is 30.7 Å². The molecule has 29 heavy (non-hydrogen) atoms. The molecule has 9 nitrogen and oxygen atoms in total. The molecule has 1 N–H and O–H groups in total. The van der Waals surface area contributed by atoms with Crippen molar-refractivity contribution in [2.45, 2.75) is 6.92 Å². The van der Waals surface area contributed by atoms with E-state index in [0.717, 1.165) is 26.8 Å². The van der Waals surface area contributed by atoms with Crippen LogP contribution in [-0.4, -0.2) is 29.4 Å². The van der Waals surface area contributed by atoms with Gasteiger partial charge in [-0.15, -0.1) is 0 Å². The zero-order chi connectivity index (χ0) is 20.0. The number of hydrogen-bond donors (Lipinski definition) is 1. The summed E-state index contributed by atoms with van der Waals surface area (Å²) in [5.41, 5.74) is 3.09. The lowest BCUT2D eigenvalue weighted by Crippen LogP contribution is -2.07. The van der Waals surface area contributed by atoms with Gasteiger partial charge in [0, 0.05) is 0 Å². The van der Waals surface area contributed by atoms with Crippen molar-refractivity contribution in [1.82, 2.24) is 24.5 Å². The van der Waals surface area contributed by atoms with Crippen LogP contribution in [0, 0.1) is 17.0 Å². The number of aromatic nitrogens is 5. The Morgan fingerprint density at radius 3 is 2.79 bits per heavy atom. The van der Waals surface area contributed by atoms with Crippen molar-refractivity contribution in [3.05, 3.63) is 70.8 Å². The van der Waals surface area contributed by atoms with Crippen LogP contribution < -0.4 is 5.32 Å². The minimum atomic E-state index is -0.495. The number of benzene rings is 2. The molecular formula is C19H13N7O2S. The molecule has 2 aromatic carbocycles. The summed E-state index contributed by atoms with van der Waals surface area (Å²) in [5, 5.41) is 15.5. The molecule has 142 valence electrons. The van der Waals surface area contributed by atoms with Crippen molar-refractivity contribution in [2.24, 2.45) is 0 Å².